The van der Waals surface area contributed by atoms with Crippen LogP contribution in [0, 0.1) is 47.3 Å². The van der Waals surface area contributed by atoms with E-state index in [1.54, 1.807) is 0 Å². The topological polar surface area (TPSA) is 0 Å². The highest BCUT2D eigenvalue weighted by molar-refractivity contribution is 7.80. The summed E-state index contributed by atoms with van der Waals surface area (Å²) in [6, 6.07) is 0. The predicted octanol–water partition coefficient (Wildman–Crippen LogP) is 11.8. The molecule has 0 fully saturated rings. The lowest BCUT2D eigenvalue weighted by Gasteiger charge is -2.16. The molecule has 38 heavy (non-hydrogen) atoms. The summed E-state index contributed by atoms with van der Waals surface area (Å²) in [6.07, 6.45) is 12.9. The van der Waals surface area contributed by atoms with Crippen molar-refractivity contribution in [3.05, 3.63) is 49.6 Å². The fraction of sp³-hybridized carbons (Fsp3) is 0.765. The van der Waals surface area contributed by atoms with Gasteiger partial charge in [-0.05, 0) is 110 Å². The molecule has 0 aliphatic rings. The van der Waals surface area contributed by atoms with Crippen LogP contribution in [0.2, 0.25) is 0 Å². The maximum absolute atomic E-state index is 4.21. The molecule has 4 heteroatoms. The summed E-state index contributed by atoms with van der Waals surface area (Å²) >= 11 is 16.8. The molecule has 0 radical (unpaired) electrons. The predicted molar refractivity (Wildman–Crippen MR) is 197 cm³/mol. The van der Waals surface area contributed by atoms with E-state index in [0.717, 1.165) is 65.9 Å². The van der Waals surface area contributed by atoms with Gasteiger partial charge in [-0.3, -0.25) is 0 Å². The van der Waals surface area contributed by atoms with E-state index >= 15 is 0 Å². The second-order valence-corrected chi connectivity index (χ2v) is 13.1. The van der Waals surface area contributed by atoms with Crippen molar-refractivity contribution in [1.82, 2.24) is 0 Å². The highest BCUT2D eigenvalue weighted by Crippen LogP contribution is 2.20. The molecule has 0 N–H and O–H groups in total. The summed E-state index contributed by atoms with van der Waals surface area (Å²) in [4.78, 5) is 0. The van der Waals surface area contributed by atoms with Crippen LogP contribution in [-0.2, 0) is 0 Å². The van der Waals surface area contributed by atoms with Gasteiger partial charge in [0.2, 0.25) is 0 Å². The number of rotatable bonds is 16. The quantitative estimate of drug-likeness (QED) is 0.0977. The Morgan fingerprint density at radius 3 is 0.868 bits per heavy atom. The van der Waals surface area contributed by atoms with Crippen LogP contribution >= 0.6 is 50.5 Å². The van der Waals surface area contributed by atoms with E-state index in [9.17, 15) is 0 Å². The molecule has 228 valence electrons. The minimum absolute atomic E-state index is 0.704. The largest absolute Gasteiger partial charge is 0.179 e. The first-order valence-corrected chi connectivity index (χ1v) is 17.2. The summed E-state index contributed by atoms with van der Waals surface area (Å²) in [5.74, 6) is 9.76. The van der Waals surface area contributed by atoms with Gasteiger partial charge in [0.25, 0.3) is 0 Å². The van der Waals surface area contributed by atoms with Crippen LogP contribution in [0.5, 0.6) is 0 Å². The monoisotopic (exact) mass is 604 g/mol. The van der Waals surface area contributed by atoms with Gasteiger partial charge in [0.1, 0.15) is 0 Å². The van der Waals surface area contributed by atoms with Gasteiger partial charge in [0, 0.05) is 0 Å². The lowest BCUT2D eigenvalue weighted by molar-refractivity contribution is 0.394. The van der Waals surface area contributed by atoms with E-state index in [-0.39, 0.29) is 0 Å². The van der Waals surface area contributed by atoms with Crippen LogP contribution in [-0.4, -0.2) is 23.0 Å². The SMILES string of the molecule is C=CCC(C)C(C)CC=C(C)C.C=CCC(C)C(C)CS.C=CCC(C)C(C)CS.CC(CS)C(C)CS. The van der Waals surface area contributed by atoms with Crippen molar-refractivity contribution >= 4 is 50.5 Å². The molecular formula is C34H68S4. The molecule has 0 nitrogen and oxygen atoms in total. The average Bonchev–Trinajstić information content (AvgIpc) is 2.91. The molecular weight excluding hydrogens is 537 g/mol. The summed E-state index contributed by atoms with van der Waals surface area (Å²) in [5.41, 5.74) is 1.42. The molecule has 8 atom stereocenters. The molecule has 0 amide bonds. The van der Waals surface area contributed by atoms with Crippen molar-refractivity contribution in [2.24, 2.45) is 47.3 Å². The summed E-state index contributed by atoms with van der Waals surface area (Å²) in [7, 11) is 0. The van der Waals surface area contributed by atoms with Gasteiger partial charge in [-0.15, -0.1) is 19.7 Å². The van der Waals surface area contributed by atoms with E-state index < -0.39 is 0 Å². The maximum atomic E-state index is 4.21. The Balaban J connectivity index is -0.000000205. The first-order chi connectivity index (χ1) is 17.7. The smallest absolute Gasteiger partial charge is 0.00693 e. The Bertz CT molecular complexity index is 523. The van der Waals surface area contributed by atoms with E-state index in [0.29, 0.717) is 23.7 Å². The first kappa shape index (κ1) is 45.4. The van der Waals surface area contributed by atoms with Gasteiger partial charge in [0.05, 0.1) is 0 Å². The van der Waals surface area contributed by atoms with Crippen molar-refractivity contribution in [1.29, 1.82) is 0 Å². The average molecular weight is 605 g/mol. The zero-order valence-electron chi connectivity index (χ0n) is 27.0. The van der Waals surface area contributed by atoms with Crippen LogP contribution in [0.15, 0.2) is 49.6 Å². The standard InChI is InChI=1S/C12H22.2C8H16S.C6H14S2/c1-6-7-11(4)12(5)9-8-10(2)3;2*1-4-5-7(2)8(3)6-9;1-5(3-7)6(2)4-8/h6,8,11-12H,1,7,9H2,2-5H3;2*4,7-9H,1,5-6H2,2-3H3;5-8H,3-4H2,1-2H3. The van der Waals surface area contributed by atoms with Crippen LogP contribution in [0.25, 0.3) is 0 Å². The summed E-state index contributed by atoms with van der Waals surface area (Å²) < 4.78 is 0. The fourth-order valence-corrected chi connectivity index (χ4v) is 4.30. The van der Waals surface area contributed by atoms with Crippen molar-refractivity contribution in [2.75, 3.05) is 23.0 Å². The lowest BCUT2D eigenvalue weighted by Crippen LogP contribution is -2.10. The molecule has 8 unspecified atom stereocenters. The van der Waals surface area contributed by atoms with Crippen molar-refractivity contribution in [2.45, 2.75) is 94.9 Å². The molecule has 0 aromatic carbocycles. The minimum atomic E-state index is 0.704. The van der Waals surface area contributed by atoms with Gasteiger partial charge < -0.3 is 0 Å². The Hall–Kier alpha value is 0.360. The molecule has 0 aliphatic heterocycles. The van der Waals surface area contributed by atoms with E-state index in [2.05, 4.69) is 146 Å². The molecule has 0 spiro atoms. The number of hydrogen-bond acceptors (Lipinski definition) is 4. The van der Waals surface area contributed by atoms with E-state index in [1.165, 1.54) is 12.0 Å². The molecule has 0 saturated heterocycles. The highest BCUT2D eigenvalue weighted by atomic mass is 32.1. The Morgan fingerprint density at radius 1 is 0.447 bits per heavy atom. The Morgan fingerprint density at radius 2 is 0.658 bits per heavy atom. The molecule has 0 rings (SSSR count). The minimum Gasteiger partial charge on any atom is -0.179 e. The van der Waals surface area contributed by atoms with Gasteiger partial charge in [-0.2, -0.15) is 50.5 Å². The molecule has 0 aromatic rings. The van der Waals surface area contributed by atoms with Crippen LogP contribution in [0.3, 0.4) is 0 Å². The number of allylic oxidation sites excluding steroid dienone is 5. The molecule has 0 aromatic heterocycles. The summed E-state index contributed by atoms with van der Waals surface area (Å²) in [6.45, 7) is 33.4. The third-order valence-electron chi connectivity index (χ3n) is 7.55. The van der Waals surface area contributed by atoms with E-state index in [4.69, 9.17) is 0 Å². The van der Waals surface area contributed by atoms with Crippen molar-refractivity contribution < 1.29 is 0 Å². The third kappa shape index (κ3) is 30.9. The second-order valence-electron chi connectivity index (χ2n) is 11.6. The van der Waals surface area contributed by atoms with Gasteiger partial charge in [0.15, 0.2) is 0 Å². The maximum Gasteiger partial charge on any atom is -0.00693 e. The van der Waals surface area contributed by atoms with Gasteiger partial charge in [-0.25, -0.2) is 0 Å². The zero-order valence-corrected chi connectivity index (χ0v) is 30.6. The van der Waals surface area contributed by atoms with Gasteiger partial charge in [-0.1, -0.05) is 85.3 Å². The summed E-state index contributed by atoms with van der Waals surface area (Å²) in [5, 5.41) is 0. The van der Waals surface area contributed by atoms with E-state index in [1.807, 2.05) is 18.2 Å². The Labute approximate surface area is 264 Å². The van der Waals surface area contributed by atoms with Gasteiger partial charge >= 0.3 is 0 Å². The zero-order chi connectivity index (χ0) is 30.7. The third-order valence-corrected chi connectivity index (χ3v) is 9.85. The normalized spacial score (nSPS) is 16.5. The van der Waals surface area contributed by atoms with Crippen LogP contribution < -0.4 is 0 Å². The van der Waals surface area contributed by atoms with Crippen molar-refractivity contribution in [3.63, 3.8) is 0 Å². The molecule has 0 bridgehead atoms. The van der Waals surface area contributed by atoms with Crippen molar-refractivity contribution in [3.8, 4) is 0 Å². The fourth-order valence-electron chi connectivity index (χ4n) is 2.86. The highest BCUT2D eigenvalue weighted by Gasteiger charge is 2.09. The first-order valence-electron chi connectivity index (χ1n) is 14.6. The molecule has 0 aliphatic carbocycles. The molecule has 0 saturated carbocycles. The number of thiol groups is 4. The second kappa shape index (κ2) is 31.9. The van der Waals surface area contributed by atoms with Crippen LogP contribution in [0.4, 0.5) is 0 Å². The Kier molecular flexibility index (Phi) is 38.0. The van der Waals surface area contributed by atoms with Crippen LogP contribution in [0.1, 0.15) is 94.9 Å². The lowest BCUT2D eigenvalue weighted by atomic mass is 9.90. The number of hydrogen-bond donors (Lipinski definition) is 4. The molecule has 0 heterocycles.